The Morgan fingerprint density at radius 2 is 2.00 bits per heavy atom. The summed E-state index contributed by atoms with van der Waals surface area (Å²) in [5, 5.41) is 11.2. The molecule has 2 aromatic carbocycles. The van der Waals surface area contributed by atoms with E-state index in [1.54, 1.807) is 11.0 Å². The number of benzene rings is 2. The fourth-order valence-electron chi connectivity index (χ4n) is 4.41. The molecule has 0 spiro atoms. The Kier molecular flexibility index (Phi) is 4.80. The Labute approximate surface area is 174 Å². The zero-order chi connectivity index (χ0) is 22.6. The molecule has 4 rings (SSSR count). The first kappa shape index (κ1) is 20.9. The molecular weight excluding hydrogens is 421 g/mol. The van der Waals surface area contributed by atoms with Gasteiger partial charge in [-0.05, 0) is 38.0 Å². The highest BCUT2D eigenvalue weighted by atomic mass is 19.4. The highest BCUT2D eigenvalue weighted by Crippen LogP contribution is 2.52. The molecule has 162 valence electrons. The first-order valence-electron chi connectivity index (χ1n) is 9.43. The van der Waals surface area contributed by atoms with E-state index in [2.05, 4.69) is 0 Å². The number of alkyl halides is 3. The third kappa shape index (κ3) is 3.24. The summed E-state index contributed by atoms with van der Waals surface area (Å²) in [6.45, 7) is 1.76. The van der Waals surface area contributed by atoms with Crippen molar-refractivity contribution < 1.29 is 31.5 Å². The first-order chi connectivity index (χ1) is 14.6. The van der Waals surface area contributed by atoms with Gasteiger partial charge in [-0.1, -0.05) is 6.07 Å². The number of hydrogen-bond donors (Lipinski definition) is 1. The van der Waals surface area contributed by atoms with Gasteiger partial charge in [0.2, 0.25) is 0 Å². The van der Waals surface area contributed by atoms with Gasteiger partial charge in [-0.3, -0.25) is 4.79 Å². The standard InChI is InChI=1S/C21H16F5N3O2/c1-20-17(28-19(30)21(24,25)26)6-3-7-29(20)14-8-11(10-27)13(23)9-16(14)31-15-5-2-4-12(22)18(15)20/h2,4-5,8-9,17H,3,6-7H2,1H3,(H,28,30)/t17?,20-/m0/s1. The predicted molar refractivity (Wildman–Crippen MR) is 99.5 cm³/mol. The predicted octanol–water partition coefficient (Wildman–Crippen LogP) is 4.50. The lowest BCUT2D eigenvalue weighted by atomic mass is 9.76. The van der Waals surface area contributed by atoms with Gasteiger partial charge in [-0.15, -0.1) is 0 Å². The number of anilines is 1. The van der Waals surface area contributed by atoms with E-state index in [0.29, 0.717) is 6.42 Å². The number of halogens is 5. The van der Waals surface area contributed by atoms with Gasteiger partial charge >= 0.3 is 12.1 Å². The second kappa shape index (κ2) is 7.11. The minimum Gasteiger partial charge on any atom is -0.455 e. The summed E-state index contributed by atoms with van der Waals surface area (Å²) in [6.07, 6.45) is -4.61. The monoisotopic (exact) mass is 437 g/mol. The van der Waals surface area contributed by atoms with Crippen LogP contribution in [0.1, 0.15) is 30.9 Å². The largest absolute Gasteiger partial charge is 0.471 e. The molecule has 2 heterocycles. The Morgan fingerprint density at radius 1 is 1.26 bits per heavy atom. The molecule has 0 radical (unpaired) electrons. The van der Waals surface area contributed by atoms with Crippen LogP contribution in [0.4, 0.5) is 27.6 Å². The summed E-state index contributed by atoms with van der Waals surface area (Å²) in [4.78, 5) is 13.3. The van der Waals surface area contributed by atoms with Crippen molar-refractivity contribution in [3.8, 4) is 17.6 Å². The molecular formula is C21H16F5N3O2. The zero-order valence-electron chi connectivity index (χ0n) is 16.2. The van der Waals surface area contributed by atoms with Crippen LogP contribution < -0.4 is 15.0 Å². The Balaban J connectivity index is 1.96. The highest BCUT2D eigenvalue weighted by molar-refractivity contribution is 5.82. The van der Waals surface area contributed by atoms with Crippen LogP contribution in [-0.2, 0) is 10.3 Å². The number of nitrogens with zero attached hydrogens (tertiary/aromatic N) is 2. The quantitative estimate of drug-likeness (QED) is 0.667. The lowest BCUT2D eigenvalue weighted by molar-refractivity contribution is -0.175. The van der Waals surface area contributed by atoms with Crippen molar-refractivity contribution in [1.82, 2.24) is 5.32 Å². The number of hydrogen-bond acceptors (Lipinski definition) is 4. The molecule has 1 N–H and O–H groups in total. The summed E-state index contributed by atoms with van der Waals surface area (Å²) >= 11 is 0. The number of carbonyl (C=O) groups excluding carboxylic acids is 1. The molecule has 31 heavy (non-hydrogen) atoms. The van der Waals surface area contributed by atoms with Crippen LogP contribution in [0.2, 0.25) is 0 Å². The van der Waals surface area contributed by atoms with E-state index < -0.39 is 35.3 Å². The summed E-state index contributed by atoms with van der Waals surface area (Å²) < 4.78 is 74.1. The van der Waals surface area contributed by atoms with Gasteiger partial charge in [-0.25, -0.2) is 8.78 Å². The molecule has 2 aliphatic heterocycles. The van der Waals surface area contributed by atoms with Crippen molar-refractivity contribution in [2.75, 3.05) is 11.4 Å². The summed E-state index contributed by atoms with van der Waals surface area (Å²) in [5.74, 6) is -3.74. The van der Waals surface area contributed by atoms with E-state index >= 15 is 4.39 Å². The topological polar surface area (TPSA) is 65.4 Å². The number of amides is 1. The normalized spacial score (nSPS) is 22.2. The second-order valence-electron chi connectivity index (χ2n) is 7.59. The van der Waals surface area contributed by atoms with Crippen LogP contribution in [0, 0.1) is 23.0 Å². The highest BCUT2D eigenvalue weighted by Gasteiger charge is 2.52. The summed E-state index contributed by atoms with van der Waals surface area (Å²) in [7, 11) is 0. The van der Waals surface area contributed by atoms with Crippen LogP contribution in [0.5, 0.6) is 11.5 Å². The van der Waals surface area contributed by atoms with E-state index in [0.717, 1.165) is 12.1 Å². The Bertz CT molecular complexity index is 1110. The number of fused-ring (bicyclic) bond motifs is 5. The molecule has 0 saturated carbocycles. The fraction of sp³-hybridized carbons (Fsp3) is 0.333. The molecule has 1 fully saturated rings. The number of rotatable bonds is 1. The molecule has 0 aliphatic carbocycles. The maximum Gasteiger partial charge on any atom is 0.471 e. The average Bonchev–Trinajstić information content (AvgIpc) is 2.79. The minimum absolute atomic E-state index is 0.00475. The van der Waals surface area contributed by atoms with E-state index in [1.807, 2.05) is 5.32 Å². The zero-order valence-corrected chi connectivity index (χ0v) is 16.2. The number of carbonyl (C=O) groups is 1. The van der Waals surface area contributed by atoms with Gasteiger partial charge in [0.25, 0.3) is 0 Å². The smallest absolute Gasteiger partial charge is 0.455 e. The molecule has 2 aliphatic rings. The lowest BCUT2D eigenvalue weighted by Crippen LogP contribution is -2.63. The molecule has 1 saturated heterocycles. The first-order valence-corrected chi connectivity index (χ1v) is 9.43. The van der Waals surface area contributed by atoms with Crippen molar-refractivity contribution in [3.63, 3.8) is 0 Å². The van der Waals surface area contributed by atoms with E-state index in [9.17, 15) is 27.6 Å². The Morgan fingerprint density at radius 3 is 2.68 bits per heavy atom. The molecule has 10 heteroatoms. The van der Waals surface area contributed by atoms with Gasteiger partial charge in [0, 0.05) is 12.6 Å². The lowest BCUT2D eigenvalue weighted by Gasteiger charge is -2.51. The third-order valence-electron chi connectivity index (χ3n) is 5.84. The van der Waals surface area contributed by atoms with Crippen LogP contribution in [0.15, 0.2) is 30.3 Å². The minimum atomic E-state index is -5.12. The van der Waals surface area contributed by atoms with Crippen molar-refractivity contribution in [1.29, 1.82) is 5.26 Å². The van der Waals surface area contributed by atoms with Crippen LogP contribution >= 0.6 is 0 Å². The molecule has 5 nitrogen and oxygen atoms in total. The van der Waals surface area contributed by atoms with Crippen molar-refractivity contribution >= 4 is 11.6 Å². The SMILES string of the molecule is C[C@]12c3c(F)cccc3Oc3cc(F)c(C#N)cc3N1CCCC2NC(=O)C(F)(F)F. The molecule has 0 aromatic heterocycles. The van der Waals surface area contributed by atoms with Crippen LogP contribution in [-0.4, -0.2) is 24.7 Å². The van der Waals surface area contributed by atoms with Crippen molar-refractivity contribution in [3.05, 3.63) is 53.1 Å². The number of nitrogens with one attached hydrogen (secondary N) is 1. The summed E-state index contributed by atoms with van der Waals surface area (Å²) in [6, 6.07) is 6.71. The molecule has 1 amide bonds. The van der Waals surface area contributed by atoms with E-state index in [1.165, 1.54) is 25.1 Å². The average molecular weight is 437 g/mol. The fourth-order valence-corrected chi connectivity index (χ4v) is 4.41. The Hall–Kier alpha value is -3.35. The van der Waals surface area contributed by atoms with Crippen molar-refractivity contribution in [2.45, 2.75) is 37.5 Å². The van der Waals surface area contributed by atoms with Gasteiger partial charge in [0.05, 0.1) is 28.4 Å². The third-order valence-corrected chi connectivity index (χ3v) is 5.84. The number of piperidine rings is 1. The summed E-state index contributed by atoms with van der Waals surface area (Å²) in [5.41, 5.74) is -1.63. The van der Waals surface area contributed by atoms with Crippen LogP contribution in [0.25, 0.3) is 0 Å². The van der Waals surface area contributed by atoms with E-state index in [-0.39, 0.29) is 41.3 Å². The molecule has 2 atom stereocenters. The van der Waals surface area contributed by atoms with Gasteiger partial charge in [0.15, 0.2) is 5.75 Å². The molecule has 2 aromatic rings. The number of ether oxygens (including phenoxy) is 1. The molecule has 0 bridgehead atoms. The van der Waals surface area contributed by atoms with Gasteiger partial charge in [-0.2, -0.15) is 18.4 Å². The van der Waals surface area contributed by atoms with E-state index in [4.69, 9.17) is 4.74 Å². The number of nitriles is 1. The van der Waals surface area contributed by atoms with Crippen molar-refractivity contribution in [2.24, 2.45) is 0 Å². The molecule has 1 unspecified atom stereocenters. The maximum absolute atomic E-state index is 15.1. The second-order valence-corrected chi connectivity index (χ2v) is 7.59. The van der Waals surface area contributed by atoms with Crippen LogP contribution in [0.3, 0.4) is 0 Å². The maximum atomic E-state index is 15.1. The van der Waals surface area contributed by atoms with Gasteiger partial charge in [0.1, 0.15) is 23.5 Å². The van der Waals surface area contributed by atoms with Gasteiger partial charge < -0.3 is 15.0 Å².